The van der Waals surface area contributed by atoms with Crippen molar-refractivity contribution < 1.29 is 0 Å². The number of nitrogens with two attached hydrogens (primary N) is 1. The monoisotopic (exact) mass is 286 g/mol. The maximum absolute atomic E-state index is 6.35. The molecule has 0 aliphatic rings. The normalized spacial score (nSPS) is 12.5. The lowest BCUT2D eigenvalue weighted by atomic mass is 10.1. The van der Waals surface area contributed by atoms with Gasteiger partial charge in [-0.15, -0.1) is 0 Å². The average Bonchev–Trinajstić information content (AvgIpc) is 2.35. The first-order chi connectivity index (χ1) is 8.60. The molecule has 1 aromatic rings. The molecular weight excluding hydrogens is 264 g/mol. The lowest BCUT2D eigenvalue weighted by molar-refractivity contribution is 0.669. The van der Waals surface area contributed by atoms with E-state index in [9.17, 15) is 0 Å². The molecule has 0 bridgehead atoms. The number of hydrogen-bond acceptors (Lipinski definition) is 3. The zero-order valence-electron chi connectivity index (χ0n) is 11.4. The van der Waals surface area contributed by atoms with Crippen molar-refractivity contribution in [2.24, 2.45) is 5.73 Å². The molecule has 0 radical (unpaired) electrons. The van der Waals surface area contributed by atoms with Crippen molar-refractivity contribution in [2.75, 3.05) is 30.5 Å². The largest absolute Gasteiger partial charge is 0.371 e. The van der Waals surface area contributed by atoms with Gasteiger partial charge in [-0.1, -0.05) is 17.7 Å². The highest BCUT2D eigenvalue weighted by Crippen LogP contribution is 2.28. The van der Waals surface area contributed by atoms with Gasteiger partial charge < -0.3 is 10.6 Å². The van der Waals surface area contributed by atoms with Gasteiger partial charge in [0, 0.05) is 13.1 Å². The predicted molar refractivity (Wildman–Crippen MR) is 85.1 cm³/mol. The molecule has 0 saturated carbocycles. The molecule has 4 heteroatoms. The Hall–Kier alpha value is -0.380. The minimum Gasteiger partial charge on any atom is -0.371 e. The molecule has 0 heterocycles. The second-order valence-electron chi connectivity index (χ2n) is 4.57. The third kappa shape index (κ3) is 4.38. The summed E-state index contributed by atoms with van der Waals surface area (Å²) in [7, 11) is 2.11. The molecule has 0 aliphatic carbocycles. The second-order valence-corrected chi connectivity index (χ2v) is 5.96. The summed E-state index contributed by atoms with van der Waals surface area (Å²) in [5.41, 5.74) is 7.86. The Morgan fingerprint density at radius 1 is 1.44 bits per heavy atom. The van der Waals surface area contributed by atoms with Gasteiger partial charge in [0.25, 0.3) is 0 Å². The molecule has 0 aliphatic heterocycles. The van der Waals surface area contributed by atoms with E-state index >= 15 is 0 Å². The van der Waals surface area contributed by atoms with Crippen LogP contribution in [0.4, 0.5) is 5.69 Å². The van der Waals surface area contributed by atoms with E-state index in [1.807, 2.05) is 17.8 Å². The van der Waals surface area contributed by atoms with E-state index in [4.69, 9.17) is 17.3 Å². The van der Waals surface area contributed by atoms with Gasteiger partial charge in [-0.05, 0) is 56.0 Å². The molecule has 102 valence electrons. The molecular formula is C14H23ClN2S. The van der Waals surface area contributed by atoms with E-state index < -0.39 is 0 Å². The SMILES string of the molecule is CSCCC(C)N(C)c1ccc(CCN)cc1Cl. The van der Waals surface area contributed by atoms with E-state index in [0.29, 0.717) is 12.6 Å². The van der Waals surface area contributed by atoms with E-state index in [0.717, 1.165) is 17.1 Å². The number of anilines is 1. The first kappa shape index (κ1) is 15.7. The molecule has 1 rings (SSSR count). The van der Waals surface area contributed by atoms with Crippen LogP contribution < -0.4 is 10.6 Å². The quantitative estimate of drug-likeness (QED) is 0.833. The van der Waals surface area contributed by atoms with Crippen LogP contribution in [0.2, 0.25) is 5.02 Å². The Morgan fingerprint density at radius 3 is 2.72 bits per heavy atom. The van der Waals surface area contributed by atoms with Crippen LogP contribution in [-0.4, -0.2) is 31.6 Å². The van der Waals surface area contributed by atoms with Gasteiger partial charge in [-0.3, -0.25) is 0 Å². The highest BCUT2D eigenvalue weighted by Gasteiger charge is 2.12. The minimum atomic E-state index is 0.496. The average molecular weight is 287 g/mol. The van der Waals surface area contributed by atoms with Gasteiger partial charge in [0.1, 0.15) is 0 Å². The molecule has 0 spiro atoms. The summed E-state index contributed by atoms with van der Waals surface area (Å²) < 4.78 is 0. The van der Waals surface area contributed by atoms with Crippen LogP contribution in [0.1, 0.15) is 18.9 Å². The molecule has 0 amide bonds. The van der Waals surface area contributed by atoms with Crippen molar-refractivity contribution in [3.63, 3.8) is 0 Å². The van der Waals surface area contributed by atoms with E-state index in [-0.39, 0.29) is 0 Å². The fourth-order valence-electron chi connectivity index (χ4n) is 1.88. The summed E-state index contributed by atoms with van der Waals surface area (Å²) in [4.78, 5) is 2.25. The Labute approximate surface area is 120 Å². The van der Waals surface area contributed by atoms with E-state index in [1.165, 1.54) is 17.7 Å². The summed E-state index contributed by atoms with van der Waals surface area (Å²) in [5, 5.41) is 0.819. The molecule has 2 nitrogen and oxygen atoms in total. The fourth-order valence-corrected chi connectivity index (χ4v) is 2.79. The van der Waals surface area contributed by atoms with Crippen LogP contribution >= 0.6 is 23.4 Å². The summed E-state index contributed by atoms with van der Waals surface area (Å²) in [5.74, 6) is 1.17. The zero-order valence-corrected chi connectivity index (χ0v) is 13.0. The Morgan fingerprint density at radius 2 is 2.17 bits per heavy atom. The number of benzene rings is 1. The first-order valence-corrected chi connectivity index (χ1v) is 8.07. The summed E-state index contributed by atoms with van der Waals surface area (Å²) >= 11 is 8.23. The Balaban J connectivity index is 2.76. The number of thioether (sulfide) groups is 1. The Bertz CT molecular complexity index is 371. The van der Waals surface area contributed by atoms with Crippen LogP contribution in [0.3, 0.4) is 0 Å². The molecule has 0 fully saturated rings. The van der Waals surface area contributed by atoms with Gasteiger partial charge in [0.15, 0.2) is 0 Å². The Kier molecular flexibility index (Phi) is 6.90. The van der Waals surface area contributed by atoms with Crippen LogP contribution in [-0.2, 0) is 6.42 Å². The topological polar surface area (TPSA) is 29.3 Å². The van der Waals surface area contributed by atoms with Gasteiger partial charge in [0.05, 0.1) is 10.7 Å². The minimum absolute atomic E-state index is 0.496. The van der Waals surface area contributed by atoms with Crippen molar-refractivity contribution in [3.05, 3.63) is 28.8 Å². The van der Waals surface area contributed by atoms with Gasteiger partial charge in [-0.25, -0.2) is 0 Å². The van der Waals surface area contributed by atoms with Gasteiger partial charge >= 0.3 is 0 Å². The smallest absolute Gasteiger partial charge is 0.0642 e. The zero-order chi connectivity index (χ0) is 13.5. The second kappa shape index (κ2) is 7.93. The van der Waals surface area contributed by atoms with E-state index in [2.05, 4.69) is 37.3 Å². The fraction of sp³-hybridized carbons (Fsp3) is 0.571. The van der Waals surface area contributed by atoms with Crippen molar-refractivity contribution in [3.8, 4) is 0 Å². The van der Waals surface area contributed by atoms with Crippen LogP contribution in [0.5, 0.6) is 0 Å². The highest BCUT2D eigenvalue weighted by molar-refractivity contribution is 7.98. The van der Waals surface area contributed by atoms with Crippen LogP contribution in [0.25, 0.3) is 0 Å². The predicted octanol–water partition coefficient (Wildman–Crippen LogP) is 3.42. The summed E-state index contributed by atoms with van der Waals surface area (Å²) in [6.07, 6.45) is 4.19. The number of nitrogens with zero attached hydrogens (tertiary/aromatic N) is 1. The molecule has 1 atom stereocenters. The number of rotatable bonds is 7. The third-order valence-electron chi connectivity index (χ3n) is 3.23. The maximum atomic E-state index is 6.35. The van der Waals surface area contributed by atoms with Crippen molar-refractivity contribution >= 4 is 29.1 Å². The lowest BCUT2D eigenvalue weighted by Crippen LogP contribution is -2.29. The number of halogens is 1. The van der Waals surface area contributed by atoms with Crippen LogP contribution in [0.15, 0.2) is 18.2 Å². The van der Waals surface area contributed by atoms with Crippen molar-refractivity contribution in [1.29, 1.82) is 0 Å². The van der Waals surface area contributed by atoms with Gasteiger partial charge in [-0.2, -0.15) is 11.8 Å². The highest BCUT2D eigenvalue weighted by atomic mass is 35.5. The third-order valence-corrected chi connectivity index (χ3v) is 4.17. The summed E-state index contributed by atoms with van der Waals surface area (Å²) in [6, 6.07) is 6.74. The standard InChI is InChI=1S/C14H23ClN2S/c1-11(7-9-18-3)17(2)14-5-4-12(6-8-16)10-13(14)15/h4-5,10-11H,6-9,16H2,1-3H3. The first-order valence-electron chi connectivity index (χ1n) is 6.30. The molecule has 2 N–H and O–H groups in total. The summed E-state index contributed by atoms with van der Waals surface area (Å²) in [6.45, 7) is 2.90. The molecule has 0 aromatic heterocycles. The maximum Gasteiger partial charge on any atom is 0.0642 e. The molecule has 18 heavy (non-hydrogen) atoms. The van der Waals surface area contributed by atoms with Gasteiger partial charge in [0.2, 0.25) is 0 Å². The van der Waals surface area contributed by atoms with Crippen LogP contribution in [0, 0.1) is 0 Å². The van der Waals surface area contributed by atoms with E-state index in [1.54, 1.807) is 0 Å². The number of hydrogen-bond donors (Lipinski definition) is 1. The van der Waals surface area contributed by atoms with Crippen molar-refractivity contribution in [1.82, 2.24) is 0 Å². The lowest BCUT2D eigenvalue weighted by Gasteiger charge is -2.28. The molecule has 0 saturated heterocycles. The molecule has 1 aromatic carbocycles. The van der Waals surface area contributed by atoms with Crippen molar-refractivity contribution in [2.45, 2.75) is 25.8 Å². The molecule has 1 unspecified atom stereocenters.